The Bertz CT molecular complexity index is 1050. The van der Waals surface area contributed by atoms with E-state index in [0.29, 0.717) is 31.1 Å². The second kappa shape index (κ2) is 13.6. The highest BCUT2D eigenvalue weighted by atomic mass is 16.6. The van der Waals surface area contributed by atoms with Crippen LogP contribution in [0.5, 0.6) is 5.75 Å². The summed E-state index contributed by atoms with van der Waals surface area (Å²) in [6.45, 7) is 6.92. The van der Waals surface area contributed by atoms with E-state index >= 15 is 0 Å². The molecule has 4 N–H and O–H groups in total. The number of Topliss-reactive ketones (excluding diaryl/α,β-unsaturated/α-hetero) is 1. The first-order valence-electron chi connectivity index (χ1n) is 14.3. The lowest BCUT2D eigenvalue weighted by molar-refractivity contribution is -0.134. The van der Waals surface area contributed by atoms with Gasteiger partial charge in [0.05, 0.1) is 31.8 Å². The summed E-state index contributed by atoms with van der Waals surface area (Å²) in [6, 6.07) is 4.50. The number of carbonyl (C=O) groups is 4. The quantitative estimate of drug-likeness (QED) is 0.241. The van der Waals surface area contributed by atoms with Gasteiger partial charge < -0.3 is 30.5 Å². The SMILES string of the molecule is CC[C@@](C)(O)CC(=O)N[C@H](C)C(=O)N[C@@H](Cc1ccc(OC)cc1)C(=O)N[C@@H](CC1CCCC1)C(=O)[C@]1(C)CO1. The van der Waals surface area contributed by atoms with Gasteiger partial charge in [-0.2, -0.15) is 0 Å². The Labute approximate surface area is 236 Å². The Morgan fingerprint density at radius 1 is 1.07 bits per heavy atom. The highest BCUT2D eigenvalue weighted by Gasteiger charge is 2.50. The topological polar surface area (TPSA) is 146 Å². The largest absolute Gasteiger partial charge is 0.497 e. The van der Waals surface area contributed by atoms with Crippen LogP contribution in [0.1, 0.15) is 78.2 Å². The Morgan fingerprint density at radius 3 is 2.23 bits per heavy atom. The molecule has 0 unspecified atom stereocenters. The molecule has 40 heavy (non-hydrogen) atoms. The van der Waals surface area contributed by atoms with Crippen molar-refractivity contribution in [2.45, 2.75) is 108 Å². The number of methoxy groups -OCH3 is 1. The molecule has 222 valence electrons. The molecule has 10 nitrogen and oxygen atoms in total. The van der Waals surface area contributed by atoms with Gasteiger partial charge in [-0.3, -0.25) is 19.2 Å². The van der Waals surface area contributed by atoms with E-state index in [1.165, 1.54) is 6.92 Å². The third-order valence-electron chi connectivity index (χ3n) is 8.08. The van der Waals surface area contributed by atoms with E-state index in [2.05, 4.69) is 16.0 Å². The Kier molecular flexibility index (Phi) is 10.7. The normalized spacial score (nSPS) is 22.4. The molecular formula is C30H45N3O7. The predicted octanol–water partition coefficient (Wildman–Crippen LogP) is 2.20. The van der Waals surface area contributed by atoms with Crippen molar-refractivity contribution in [2.24, 2.45) is 5.92 Å². The molecule has 1 heterocycles. The molecule has 0 spiro atoms. The molecule has 0 radical (unpaired) electrons. The van der Waals surface area contributed by atoms with Crippen LogP contribution in [-0.4, -0.2) is 71.7 Å². The molecule has 3 rings (SSSR count). The number of hydrogen-bond donors (Lipinski definition) is 4. The number of ether oxygens (including phenoxy) is 2. The molecule has 5 atom stereocenters. The zero-order chi connectivity index (χ0) is 29.5. The van der Waals surface area contributed by atoms with Crippen molar-refractivity contribution in [1.82, 2.24) is 16.0 Å². The van der Waals surface area contributed by atoms with Gasteiger partial charge in [-0.25, -0.2) is 0 Å². The lowest BCUT2D eigenvalue weighted by Crippen LogP contribution is -2.57. The van der Waals surface area contributed by atoms with Crippen LogP contribution in [0.15, 0.2) is 24.3 Å². The van der Waals surface area contributed by atoms with Gasteiger partial charge in [-0.05, 0) is 57.2 Å². The van der Waals surface area contributed by atoms with E-state index in [4.69, 9.17) is 9.47 Å². The minimum absolute atomic E-state index is 0.147. The maximum absolute atomic E-state index is 13.6. The zero-order valence-corrected chi connectivity index (χ0v) is 24.4. The average molecular weight is 560 g/mol. The van der Waals surface area contributed by atoms with Crippen molar-refractivity contribution < 1.29 is 33.8 Å². The van der Waals surface area contributed by atoms with Crippen molar-refractivity contribution in [1.29, 1.82) is 0 Å². The summed E-state index contributed by atoms with van der Waals surface area (Å²) >= 11 is 0. The maximum atomic E-state index is 13.6. The second-order valence-corrected chi connectivity index (χ2v) is 11.8. The first-order valence-corrected chi connectivity index (χ1v) is 14.3. The molecule has 1 saturated heterocycles. The van der Waals surface area contributed by atoms with Crippen LogP contribution in [0.2, 0.25) is 0 Å². The lowest BCUT2D eigenvalue weighted by Gasteiger charge is -2.27. The van der Waals surface area contributed by atoms with Crippen LogP contribution in [0, 0.1) is 5.92 Å². The van der Waals surface area contributed by atoms with Gasteiger partial charge in [-0.1, -0.05) is 44.7 Å². The number of amides is 3. The van der Waals surface area contributed by atoms with Crippen molar-refractivity contribution >= 4 is 23.5 Å². The van der Waals surface area contributed by atoms with Gasteiger partial charge in [0.2, 0.25) is 17.7 Å². The fourth-order valence-electron chi connectivity index (χ4n) is 5.03. The average Bonchev–Trinajstić information content (AvgIpc) is 3.45. The van der Waals surface area contributed by atoms with Crippen molar-refractivity contribution in [2.75, 3.05) is 13.7 Å². The molecule has 10 heteroatoms. The number of rotatable bonds is 15. The van der Waals surface area contributed by atoms with E-state index in [-0.39, 0.29) is 18.6 Å². The van der Waals surface area contributed by atoms with Gasteiger partial charge in [-0.15, -0.1) is 0 Å². The number of benzene rings is 1. The highest BCUT2D eigenvalue weighted by Crippen LogP contribution is 2.33. The molecule has 2 fully saturated rings. The summed E-state index contributed by atoms with van der Waals surface area (Å²) in [4.78, 5) is 52.4. The van der Waals surface area contributed by atoms with E-state index in [9.17, 15) is 24.3 Å². The lowest BCUT2D eigenvalue weighted by atomic mass is 9.90. The Morgan fingerprint density at radius 2 is 1.68 bits per heavy atom. The summed E-state index contributed by atoms with van der Waals surface area (Å²) in [5, 5.41) is 18.5. The van der Waals surface area contributed by atoms with Crippen molar-refractivity contribution in [3.8, 4) is 5.75 Å². The van der Waals surface area contributed by atoms with Gasteiger partial charge >= 0.3 is 0 Å². The monoisotopic (exact) mass is 559 g/mol. The Balaban J connectivity index is 1.74. The molecule has 1 aromatic rings. The number of nitrogens with one attached hydrogen (secondary N) is 3. The van der Waals surface area contributed by atoms with Gasteiger partial charge in [0.1, 0.15) is 23.4 Å². The van der Waals surface area contributed by atoms with Gasteiger partial charge in [0.25, 0.3) is 0 Å². The standard InChI is InChI=1S/C30H45N3O7/c1-6-29(3,38)17-25(34)31-19(2)27(36)33-24(16-21-11-13-22(39-5)14-12-21)28(37)32-23(15-20-9-7-8-10-20)26(35)30(4)18-40-30/h11-14,19-20,23-24,38H,6-10,15-18H2,1-5H3,(H,31,34)(H,32,37)(H,33,36)/t19-,23+,24+,29-,30+/m1/s1. The summed E-state index contributed by atoms with van der Waals surface area (Å²) in [5.41, 5.74) is -1.28. The smallest absolute Gasteiger partial charge is 0.243 e. The number of hydrogen-bond acceptors (Lipinski definition) is 7. The number of ketones is 1. The second-order valence-electron chi connectivity index (χ2n) is 11.8. The minimum Gasteiger partial charge on any atom is -0.497 e. The van der Waals surface area contributed by atoms with E-state index in [1.54, 1.807) is 40.0 Å². The van der Waals surface area contributed by atoms with E-state index in [0.717, 1.165) is 31.2 Å². The first-order chi connectivity index (χ1) is 18.9. The minimum atomic E-state index is -1.18. The van der Waals surface area contributed by atoms with E-state index in [1.807, 2.05) is 12.1 Å². The first kappa shape index (κ1) is 31.5. The van der Waals surface area contributed by atoms with Crippen LogP contribution in [0.4, 0.5) is 0 Å². The predicted molar refractivity (Wildman–Crippen MR) is 150 cm³/mol. The fraction of sp³-hybridized carbons (Fsp3) is 0.667. The van der Waals surface area contributed by atoms with Crippen LogP contribution in [0.3, 0.4) is 0 Å². The molecule has 1 saturated carbocycles. The number of aliphatic hydroxyl groups is 1. The molecule has 3 amide bonds. The number of carbonyl (C=O) groups excluding carboxylic acids is 4. The maximum Gasteiger partial charge on any atom is 0.243 e. The van der Waals surface area contributed by atoms with Crippen LogP contribution >= 0.6 is 0 Å². The molecule has 1 aliphatic carbocycles. The zero-order valence-electron chi connectivity index (χ0n) is 24.4. The van der Waals surface area contributed by atoms with Crippen molar-refractivity contribution in [3.63, 3.8) is 0 Å². The van der Waals surface area contributed by atoms with Gasteiger partial charge in [0, 0.05) is 6.42 Å². The fourth-order valence-corrected chi connectivity index (χ4v) is 5.03. The third kappa shape index (κ3) is 9.02. The van der Waals surface area contributed by atoms with Crippen LogP contribution in [0.25, 0.3) is 0 Å². The molecule has 2 aliphatic rings. The summed E-state index contributed by atoms with van der Waals surface area (Å²) in [5.74, 6) is -0.627. The third-order valence-corrected chi connectivity index (χ3v) is 8.08. The number of epoxide rings is 1. The summed E-state index contributed by atoms with van der Waals surface area (Å²) in [7, 11) is 1.56. The highest BCUT2D eigenvalue weighted by molar-refractivity contribution is 5.98. The van der Waals surface area contributed by atoms with E-state index < -0.39 is 47.0 Å². The van der Waals surface area contributed by atoms with Crippen LogP contribution in [-0.2, 0) is 30.3 Å². The molecular weight excluding hydrogens is 514 g/mol. The van der Waals surface area contributed by atoms with Crippen LogP contribution < -0.4 is 20.7 Å². The molecule has 1 aliphatic heterocycles. The molecule has 0 aromatic heterocycles. The summed E-state index contributed by atoms with van der Waals surface area (Å²) in [6.07, 6.45) is 5.21. The molecule has 0 bridgehead atoms. The Hall–Kier alpha value is -2.98. The summed E-state index contributed by atoms with van der Waals surface area (Å²) < 4.78 is 10.6. The van der Waals surface area contributed by atoms with Gasteiger partial charge in [0.15, 0.2) is 5.78 Å². The van der Waals surface area contributed by atoms with Crippen molar-refractivity contribution in [3.05, 3.63) is 29.8 Å². The molecule has 1 aromatic carbocycles.